The summed E-state index contributed by atoms with van der Waals surface area (Å²) in [6.07, 6.45) is 0.932. The van der Waals surface area contributed by atoms with Crippen LogP contribution in [0.2, 0.25) is 0 Å². The van der Waals surface area contributed by atoms with E-state index in [0.717, 1.165) is 17.5 Å². The van der Waals surface area contributed by atoms with Crippen LogP contribution in [0.25, 0.3) is 22.3 Å². The molecule has 23 heavy (non-hydrogen) atoms. The third kappa shape index (κ3) is 2.15. The van der Waals surface area contributed by atoms with Crippen molar-refractivity contribution >= 4 is 5.97 Å². The summed E-state index contributed by atoms with van der Waals surface area (Å²) in [6, 6.07) is 20.5. The third-order valence-electron chi connectivity index (χ3n) is 4.62. The van der Waals surface area contributed by atoms with Crippen LogP contribution in [0.4, 0.5) is 0 Å². The summed E-state index contributed by atoms with van der Waals surface area (Å²) < 4.78 is 0. The van der Waals surface area contributed by atoms with Gasteiger partial charge < -0.3 is 5.11 Å². The molecule has 0 aromatic heterocycles. The number of carboxylic acids is 1. The molecule has 0 atom stereocenters. The quantitative estimate of drug-likeness (QED) is 0.570. The Labute approximate surface area is 135 Å². The van der Waals surface area contributed by atoms with E-state index in [1.165, 1.54) is 27.8 Å². The first kappa shape index (κ1) is 13.8. The summed E-state index contributed by atoms with van der Waals surface area (Å²) in [6.45, 7) is 1.85. The van der Waals surface area contributed by atoms with Gasteiger partial charge in [-0.05, 0) is 58.4 Å². The molecule has 0 fully saturated rings. The summed E-state index contributed by atoms with van der Waals surface area (Å²) in [5.41, 5.74) is 8.72. The van der Waals surface area contributed by atoms with Gasteiger partial charge in [0.1, 0.15) is 0 Å². The SMILES string of the molecule is Cc1cc(-c2cccc3c2Cc2ccccc2-3)ccc1C(=O)O. The molecule has 0 saturated carbocycles. The van der Waals surface area contributed by atoms with Crippen molar-refractivity contribution in [3.05, 3.63) is 82.9 Å². The van der Waals surface area contributed by atoms with Crippen molar-refractivity contribution in [3.8, 4) is 22.3 Å². The van der Waals surface area contributed by atoms with Gasteiger partial charge in [0.25, 0.3) is 0 Å². The fourth-order valence-electron chi connectivity index (χ4n) is 3.50. The average Bonchev–Trinajstić information content (AvgIpc) is 2.93. The number of rotatable bonds is 2. The predicted octanol–water partition coefficient (Wildman–Crippen LogP) is 4.93. The molecule has 0 radical (unpaired) electrons. The number of aryl methyl sites for hydroxylation is 1. The largest absolute Gasteiger partial charge is 0.478 e. The lowest BCUT2D eigenvalue weighted by atomic mass is 9.93. The molecular weight excluding hydrogens is 284 g/mol. The molecule has 0 amide bonds. The molecule has 0 unspecified atom stereocenters. The Morgan fingerprint density at radius 1 is 0.913 bits per heavy atom. The van der Waals surface area contributed by atoms with Crippen LogP contribution in [-0.2, 0) is 6.42 Å². The van der Waals surface area contributed by atoms with Crippen molar-refractivity contribution in [2.24, 2.45) is 0 Å². The van der Waals surface area contributed by atoms with Gasteiger partial charge in [-0.1, -0.05) is 54.6 Å². The van der Waals surface area contributed by atoms with Crippen molar-refractivity contribution in [2.45, 2.75) is 13.3 Å². The topological polar surface area (TPSA) is 37.3 Å². The van der Waals surface area contributed by atoms with Crippen LogP contribution in [0, 0.1) is 6.92 Å². The van der Waals surface area contributed by atoms with Gasteiger partial charge in [-0.2, -0.15) is 0 Å². The second-order valence-electron chi connectivity index (χ2n) is 6.00. The van der Waals surface area contributed by atoms with E-state index in [2.05, 4.69) is 42.5 Å². The molecule has 0 saturated heterocycles. The Kier molecular flexibility index (Phi) is 3.05. The van der Waals surface area contributed by atoms with Crippen LogP contribution >= 0.6 is 0 Å². The van der Waals surface area contributed by atoms with E-state index in [-0.39, 0.29) is 0 Å². The molecule has 0 heterocycles. The third-order valence-corrected chi connectivity index (χ3v) is 4.62. The highest BCUT2D eigenvalue weighted by Gasteiger charge is 2.21. The molecule has 3 aromatic rings. The number of carbonyl (C=O) groups is 1. The Balaban J connectivity index is 1.87. The monoisotopic (exact) mass is 300 g/mol. The van der Waals surface area contributed by atoms with Crippen molar-refractivity contribution in [1.82, 2.24) is 0 Å². The first-order chi connectivity index (χ1) is 11.1. The van der Waals surface area contributed by atoms with E-state index < -0.39 is 5.97 Å². The van der Waals surface area contributed by atoms with Crippen molar-refractivity contribution < 1.29 is 9.90 Å². The first-order valence-corrected chi connectivity index (χ1v) is 7.69. The van der Waals surface area contributed by atoms with E-state index >= 15 is 0 Å². The Morgan fingerprint density at radius 3 is 2.43 bits per heavy atom. The van der Waals surface area contributed by atoms with Crippen molar-refractivity contribution in [2.75, 3.05) is 0 Å². The second-order valence-corrected chi connectivity index (χ2v) is 6.00. The lowest BCUT2D eigenvalue weighted by Gasteiger charge is -2.11. The molecule has 0 bridgehead atoms. The van der Waals surface area contributed by atoms with Crippen LogP contribution < -0.4 is 0 Å². The van der Waals surface area contributed by atoms with Gasteiger partial charge in [0.05, 0.1) is 5.56 Å². The number of hydrogen-bond donors (Lipinski definition) is 1. The summed E-state index contributed by atoms with van der Waals surface area (Å²) in [7, 11) is 0. The predicted molar refractivity (Wildman–Crippen MR) is 91.8 cm³/mol. The van der Waals surface area contributed by atoms with Gasteiger partial charge in [0.2, 0.25) is 0 Å². The van der Waals surface area contributed by atoms with Gasteiger partial charge in [-0.15, -0.1) is 0 Å². The fourth-order valence-corrected chi connectivity index (χ4v) is 3.50. The van der Waals surface area contributed by atoms with Gasteiger partial charge in [-0.25, -0.2) is 4.79 Å². The molecular formula is C21H16O2. The molecule has 3 aromatic carbocycles. The van der Waals surface area contributed by atoms with Gasteiger partial charge in [0.15, 0.2) is 0 Å². The molecule has 0 spiro atoms. The van der Waals surface area contributed by atoms with E-state index in [1.807, 2.05) is 19.1 Å². The highest BCUT2D eigenvalue weighted by atomic mass is 16.4. The van der Waals surface area contributed by atoms with Gasteiger partial charge >= 0.3 is 5.97 Å². The van der Waals surface area contributed by atoms with Crippen LogP contribution in [0.5, 0.6) is 0 Å². The number of fused-ring (bicyclic) bond motifs is 3. The normalized spacial score (nSPS) is 11.9. The Hall–Kier alpha value is -2.87. The molecule has 2 nitrogen and oxygen atoms in total. The van der Waals surface area contributed by atoms with E-state index in [0.29, 0.717) is 5.56 Å². The molecule has 1 aliphatic rings. The maximum absolute atomic E-state index is 11.2. The smallest absolute Gasteiger partial charge is 0.335 e. The molecule has 1 aliphatic carbocycles. The number of carboxylic acid groups (broad SMARTS) is 1. The summed E-state index contributed by atoms with van der Waals surface area (Å²) in [5, 5.41) is 9.20. The standard InChI is InChI=1S/C21H16O2/c1-13-11-15(9-10-16(13)21(22)23)18-7-4-8-19-17-6-3-2-5-14(17)12-20(18)19/h2-11H,12H2,1H3,(H,22,23). The Bertz CT molecular complexity index is 938. The number of benzene rings is 3. The van der Waals surface area contributed by atoms with Crippen molar-refractivity contribution in [1.29, 1.82) is 0 Å². The van der Waals surface area contributed by atoms with Crippen molar-refractivity contribution in [3.63, 3.8) is 0 Å². The van der Waals surface area contributed by atoms with E-state index in [4.69, 9.17) is 0 Å². The van der Waals surface area contributed by atoms with Crippen LogP contribution in [0.3, 0.4) is 0 Å². The highest BCUT2D eigenvalue weighted by Crippen LogP contribution is 2.41. The van der Waals surface area contributed by atoms with Crippen LogP contribution in [0.15, 0.2) is 60.7 Å². The zero-order valence-corrected chi connectivity index (χ0v) is 12.8. The lowest BCUT2D eigenvalue weighted by Crippen LogP contribution is -1.99. The van der Waals surface area contributed by atoms with Crippen LogP contribution in [0.1, 0.15) is 27.0 Å². The van der Waals surface area contributed by atoms with E-state index in [9.17, 15) is 9.90 Å². The average molecular weight is 300 g/mol. The minimum atomic E-state index is -0.875. The maximum atomic E-state index is 11.2. The summed E-state index contributed by atoms with van der Waals surface area (Å²) in [4.78, 5) is 11.2. The number of aromatic carboxylic acids is 1. The summed E-state index contributed by atoms with van der Waals surface area (Å²) >= 11 is 0. The highest BCUT2D eigenvalue weighted by molar-refractivity contribution is 5.91. The van der Waals surface area contributed by atoms with Crippen LogP contribution in [-0.4, -0.2) is 11.1 Å². The lowest BCUT2D eigenvalue weighted by molar-refractivity contribution is 0.0696. The van der Waals surface area contributed by atoms with Gasteiger partial charge in [0, 0.05) is 0 Å². The molecule has 4 rings (SSSR count). The first-order valence-electron chi connectivity index (χ1n) is 7.69. The zero-order valence-electron chi connectivity index (χ0n) is 12.8. The Morgan fingerprint density at radius 2 is 1.65 bits per heavy atom. The van der Waals surface area contributed by atoms with E-state index in [1.54, 1.807) is 6.07 Å². The second kappa shape index (κ2) is 5.10. The zero-order chi connectivity index (χ0) is 16.0. The molecule has 2 heteroatoms. The number of hydrogen-bond acceptors (Lipinski definition) is 1. The molecule has 0 aliphatic heterocycles. The minimum Gasteiger partial charge on any atom is -0.478 e. The maximum Gasteiger partial charge on any atom is 0.335 e. The summed E-state index contributed by atoms with van der Waals surface area (Å²) in [5.74, 6) is -0.875. The molecule has 1 N–H and O–H groups in total. The molecule has 112 valence electrons. The minimum absolute atomic E-state index is 0.365. The fraction of sp³-hybridized carbons (Fsp3) is 0.0952. The van der Waals surface area contributed by atoms with Gasteiger partial charge in [-0.3, -0.25) is 0 Å².